The lowest BCUT2D eigenvalue weighted by atomic mass is 9.91. The Bertz CT molecular complexity index is 360. The van der Waals surface area contributed by atoms with E-state index in [0.717, 1.165) is 6.42 Å². The first-order valence-electron chi connectivity index (χ1n) is 5.09. The Morgan fingerprint density at radius 1 is 1.47 bits per heavy atom. The minimum Gasteiger partial charge on any atom is -0.475 e. The fourth-order valence-electron chi connectivity index (χ4n) is 1.34. The molecule has 4 nitrogen and oxygen atoms in total. The third-order valence-corrected chi connectivity index (χ3v) is 2.04. The molecule has 15 heavy (non-hydrogen) atoms. The van der Waals surface area contributed by atoms with Gasteiger partial charge in [-0.2, -0.15) is 0 Å². The number of aryl methyl sites for hydroxylation is 1. The number of carboxylic acids is 1. The van der Waals surface area contributed by atoms with Crippen LogP contribution >= 0.6 is 0 Å². The van der Waals surface area contributed by atoms with E-state index in [0.29, 0.717) is 18.0 Å². The van der Waals surface area contributed by atoms with Gasteiger partial charge in [0, 0.05) is 11.8 Å². The van der Waals surface area contributed by atoms with Crippen molar-refractivity contribution in [3.8, 4) is 0 Å². The van der Waals surface area contributed by atoms with Crippen molar-refractivity contribution in [2.24, 2.45) is 0 Å². The van der Waals surface area contributed by atoms with Gasteiger partial charge < -0.3 is 9.52 Å². The second-order valence-corrected chi connectivity index (χ2v) is 4.59. The fraction of sp³-hybridized carbons (Fsp3) is 0.636. The Labute approximate surface area is 89.3 Å². The second kappa shape index (κ2) is 4.04. The summed E-state index contributed by atoms with van der Waals surface area (Å²) in [6.45, 7) is 7.77. The van der Waals surface area contributed by atoms with Crippen molar-refractivity contribution < 1.29 is 14.3 Å². The first kappa shape index (κ1) is 11.8. The van der Waals surface area contributed by atoms with Crippen molar-refractivity contribution in [1.29, 1.82) is 0 Å². The highest BCUT2D eigenvalue weighted by Gasteiger charge is 2.28. The quantitative estimate of drug-likeness (QED) is 0.834. The molecule has 0 saturated heterocycles. The predicted molar refractivity (Wildman–Crippen MR) is 56.2 cm³/mol. The van der Waals surface area contributed by atoms with Crippen LogP contribution in [0.4, 0.5) is 0 Å². The van der Waals surface area contributed by atoms with Crippen molar-refractivity contribution in [2.75, 3.05) is 0 Å². The van der Waals surface area contributed by atoms with Gasteiger partial charge in [-0.25, -0.2) is 9.78 Å². The van der Waals surface area contributed by atoms with Crippen LogP contribution in [0.5, 0.6) is 0 Å². The monoisotopic (exact) mass is 211 g/mol. The van der Waals surface area contributed by atoms with E-state index in [1.807, 2.05) is 27.7 Å². The summed E-state index contributed by atoms with van der Waals surface area (Å²) in [7, 11) is 0. The standard InChI is InChI=1S/C11H17NO3/c1-5-6-7-12-9(11(2,3)4)8(15-7)10(13)14/h5-6H2,1-4H3,(H,13,14). The molecule has 1 N–H and O–H groups in total. The van der Waals surface area contributed by atoms with E-state index in [1.54, 1.807) is 0 Å². The van der Waals surface area contributed by atoms with Crippen molar-refractivity contribution in [2.45, 2.75) is 46.0 Å². The molecule has 0 aromatic carbocycles. The van der Waals surface area contributed by atoms with Gasteiger partial charge in [0.15, 0.2) is 5.89 Å². The number of nitrogens with zero attached hydrogens (tertiary/aromatic N) is 1. The molecule has 0 aliphatic rings. The molecule has 0 radical (unpaired) electrons. The van der Waals surface area contributed by atoms with E-state index in [2.05, 4.69) is 4.98 Å². The summed E-state index contributed by atoms with van der Waals surface area (Å²) in [5, 5.41) is 8.98. The van der Waals surface area contributed by atoms with Crippen LogP contribution in [-0.4, -0.2) is 16.1 Å². The lowest BCUT2D eigenvalue weighted by Gasteiger charge is -2.14. The highest BCUT2D eigenvalue weighted by Crippen LogP contribution is 2.26. The molecule has 4 heteroatoms. The molecule has 84 valence electrons. The summed E-state index contributed by atoms with van der Waals surface area (Å²) in [5.41, 5.74) is 0.224. The number of aromatic carboxylic acids is 1. The molecule has 1 rings (SSSR count). The van der Waals surface area contributed by atoms with E-state index in [9.17, 15) is 4.79 Å². The maximum Gasteiger partial charge on any atom is 0.373 e. The largest absolute Gasteiger partial charge is 0.475 e. The zero-order valence-electron chi connectivity index (χ0n) is 9.63. The molecule has 0 spiro atoms. The number of hydrogen-bond donors (Lipinski definition) is 1. The van der Waals surface area contributed by atoms with Gasteiger partial charge in [-0.15, -0.1) is 0 Å². The molecule has 1 heterocycles. The van der Waals surface area contributed by atoms with Gasteiger partial charge in [-0.3, -0.25) is 0 Å². The van der Waals surface area contributed by atoms with Crippen LogP contribution in [-0.2, 0) is 11.8 Å². The summed E-state index contributed by atoms with van der Waals surface area (Å²) < 4.78 is 5.23. The van der Waals surface area contributed by atoms with Crippen molar-refractivity contribution in [3.63, 3.8) is 0 Å². The van der Waals surface area contributed by atoms with Crippen LogP contribution < -0.4 is 0 Å². The zero-order chi connectivity index (χ0) is 11.6. The molecule has 0 atom stereocenters. The average Bonchev–Trinajstić information content (AvgIpc) is 2.48. The molecule has 0 fully saturated rings. The molecule has 0 aliphatic carbocycles. The highest BCUT2D eigenvalue weighted by atomic mass is 16.4. The SMILES string of the molecule is CCCc1nc(C(C)(C)C)c(C(=O)O)o1. The van der Waals surface area contributed by atoms with Crippen molar-refractivity contribution >= 4 is 5.97 Å². The third kappa shape index (κ3) is 2.58. The Morgan fingerprint density at radius 2 is 2.07 bits per heavy atom. The lowest BCUT2D eigenvalue weighted by Crippen LogP contribution is -2.16. The molecule has 1 aromatic rings. The van der Waals surface area contributed by atoms with E-state index < -0.39 is 5.97 Å². The Hall–Kier alpha value is -1.32. The van der Waals surface area contributed by atoms with E-state index in [1.165, 1.54) is 0 Å². The maximum absolute atomic E-state index is 11.0. The number of hydrogen-bond acceptors (Lipinski definition) is 3. The molecule has 0 amide bonds. The van der Waals surface area contributed by atoms with Crippen LogP contribution in [0.15, 0.2) is 4.42 Å². The molecular weight excluding hydrogens is 194 g/mol. The topological polar surface area (TPSA) is 63.3 Å². The van der Waals surface area contributed by atoms with Gasteiger partial charge in [0.2, 0.25) is 5.76 Å². The normalized spacial score (nSPS) is 11.7. The number of carbonyl (C=O) groups is 1. The minimum atomic E-state index is -1.05. The molecule has 0 bridgehead atoms. The predicted octanol–water partition coefficient (Wildman–Crippen LogP) is 2.62. The van der Waals surface area contributed by atoms with Crippen LogP contribution in [0.25, 0.3) is 0 Å². The smallest absolute Gasteiger partial charge is 0.373 e. The average molecular weight is 211 g/mol. The minimum absolute atomic E-state index is 0.0223. The first-order chi connectivity index (χ1) is 6.86. The Morgan fingerprint density at radius 3 is 2.40 bits per heavy atom. The van der Waals surface area contributed by atoms with Crippen LogP contribution in [0, 0.1) is 0 Å². The number of carboxylic acid groups (broad SMARTS) is 1. The van der Waals surface area contributed by atoms with E-state index >= 15 is 0 Å². The number of aromatic nitrogens is 1. The fourth-order valence-corrected chi connectivity index (χ4v) is 1.34. The van der Waals surface area contributed by atoms with Gasteiger partial charge in [0.05, 0.1) is 5.69 Å². The van der Waals surface area contributed by atoms with Gasteiger partial charge in [-0.05, 0) is 6.42 Å². The lowest BCUT2D eigenvalue weighted by molar-refractivity contribution is 0.0656. The summed E-state index contributed by atoms with van der Waals surface area (Å²) in [5.74, 6) is -0.555. The Kier molecular flexibility index (Phi) is 3.17. The van der Waals surface area contributed by atoms with Crippen LogP contribution in [0.3, 0.4) is 0 Å². The zero-order valence-corrected chi connectivity index (χ0v) is 9.63. The first-order valence-corrected chi connectivity index (χ1v) is 5.09. The van der Waals surface area contributed by atoms with Gasteiger partial charge >= 0.3 is 5.97 Å². The summed E-state index contributed by atoms with van der Waals surface area (Å²) in [6.07, 6.45) is 1.57. The second-order valence-electron chi connectivity index (χ2n) is 4.59. The Balaban J connectivity index is 3.18. The molecule has 0 aliphatic heterocycles. The third-order valence-electron chi connectivity index (χ3n) is 2.04. The van der Waals surface area contributed by atoms with Crippen molar-refractivity contribution in [1.82, 2.24) is 4.98 Å². The maximum atomic E-state index is 11.0. The summed E-state index contributed by atoms with van der Waals surface area (Å²) in [6, 6.07) is 0. The van der Waals surface area contributed by atoms with Gasteiger partial charge in [0.25, 0.3) is 0 Å². The molecule has 0 saturated carbocycles. The molecule has 1 aromatic heterocycles. The van der Waals surface area contributed by atoms with Gasteiger partial charge in [-0.1, -0.05) is 27.7 Å². The van der Waals surface area contributed by atoms with Gasteiger partial charge in [0.1, 0.15) is 0 Å². The summed E-state index contributed by atoms with van der Waals surface area (Å²) >= 11 is 0. The highest BCUT2D eigenvalue weighted by molar-refractivity contribution is 5.86. The summed E-state index contributed by atoms with van der Waals surface area (Å²) in [4.78, 5) is 15.2. The van der Waals surface area contributed by atoms with Crippen LogP contribution in [0.2, 0.25) is 0 Å². The van der Waals surface area contributed by atoms with Crippen LogP contribution in [0.1, 0.15) is 56.3 Å². The van der Waals surface area contributed by atoms with Crippen molar-refractivity contribution in [3.05, 3.63) is 17.3 Å². The van der Waals surface area contributed by atoms with E-state index in [-0.39, 0.29) is 11.2 Å². The number of rotatable bonds is 3. The van der Waals surface area contributed by atoms with E-state index in [4.69, 9.17) is 9.52 Å². The number of oxazole rings is 1. The molecular formula is C11H17NO3. The molecule has 0 unspecified atom stereocenters.